The van der Waals surface area contributed by atoms with Gasteiger partial charge in [0.15, 0.2) is 0 Å². The van der Waals surface area contributed by atoms with E-state index < -0.39 is 10.0 Å². The van der Waals surface area contributed by atoms with Crippen LogP contribution in [0.25, 0.3) is 0 Å². The second kappa shape index (κ2) is 6.34. The molecule has 1 saturated carbocycles. The predicted octanol–water partition coefficient (Wildman–Crippen LogP) is 1.75. The normalized spacial score (nSPS) is 22.7. The van der Waals surface area contributed by atoms with Crippen molar-refractivity contribution >= 4 is 10.0 Å². The van der Waals surface area contributed by atoms with Crippen LogP contribution in [0.2, 0.25) is 0 Å². The zero-order valence-electron chi connectivity index (χ0n) is 12.9. The molecule has 5 nitrogen and oxygen atoms in total. The lowest BCUT2D eigenvalue weighted by Gasteiger charge is -2.29. The summed E-state index contributed by atoms with van der Waals surface area (Å²) >= 11 is 0. The summed E-state index contributed by atoms with van der Waals surface area (Å²) in [6, 6.07) is 5.18. The molecule has 0 bridgehead atoms. The second-order valence-electron chi connectivity index (χ2n) is 5.67. The molecule has 0 aliphatic heterocycles. The van der Waals surface area contributed by atoms with E-state index in [-0.39, 0.29) is 16.9 Å². The summed E-state index contributed by atoms with van der Waals surface area (Å²) in [5.74, 6) is 0.621. The summed E-state index contributed by atoms with van der Waals surface area (Å²) in [7, 11) is -0.441. The number of benzene rings is 1. The van der Waals surface area contributed by atoms with Gasteiger partial charge in [0.05, 0.1) is 7.11 Å². The lowest BCUT2D eigenvalue weighted by Crippen LogP contribution is -2.41. The second-order valence-corrected chi connectivity index (χ2v) is 7.64. The van der Waals surface area contributed by atoms with Crippen LogP contribution in [0.3, 0.4) is 0 Å². The molecule has 2 rings (SSSR count). The number of hydrogen-bond donors (Lipinski definition) is 1. The van der Waals surface area contributed by atoms with Crippen LogP contribution in [0, 0.1) is 12.8 Å². The summed E-state index contributed by atoms with van der Waals surface area (Å²) in [6.07, 6.45) is 2.88. The minimum atomic E-state index is -3.58. The summed E-state index contributed by atoms with van der Waals surface area (Å²) < 4.78 is 32.5. The molecule has 2 atom stereocenters. The van der Waals surface area contributed by atoms with Gasteiger partial charge in [-0.25, -0.2) is 8.42 Å². The van der Waals surface area contributed by atoms with Gasteiger partial charge in [-0.2, -0.15) is 4.31 Å². The zero-order valence-corrected chi connectivity index (χ0v) is 13.7. The van der Waals surface area contributed by atoms with Crippen LogP contribution < -0.4 is 10.5 Å². The van der Waals surface area contributed by atoms with Crippen LogP contribution in [-0.4, -0.2) is 39.5 Å². The topological polar surface area (TPSA) is 72.6 Å². The van der Waals surface area contributed by atoms with E-state index in [9.17, 15) is 8.42 Å². The molecule has 118 valence electrons. The number of aryl methyl sites for hydroxylation is 1. The van der Waals surface area contributed by atoms with Gasteiger partial charge in [-0.15, -0.1) is 0 Å². The van der Waals surface area contributed by atoms with Crippen LogP contribution in [0.1, 0.15) is 24.8 Å². The van der Waals surface area contributed by atoms with E-state index in [1.54, 1.807) is 19.2 Å². The van der Waals surface area contributed by atoms with E-state index in [0.717, 1.165) is 24.8 Å². The van der Waals surface area contributed by atoms with E-state index in [4.69, 9.17) is 10.5 Å². The number of methoxy groups -OCH3 is 1. The van der Waals surface area contributed by atoms with Crippen LogP contribution in [-0.2, 0) is 10.0 Å². The minimum absolute atomic E-state index is 0.0229. The molecule has 0 spiro atoms. The average molecular weight is 312 g/mol. The molecule has 0 aromatic heterocycles. The first-order valence-corrected chi connectivity index (χ1v) is 8.68. The number of nitrogens with two attached hydrogens (primary N) is 1. The summed E-state index contributed by atoms with van der Waals surface area (Å²) in [5, 5.41) is 0. The predicted molar refractivity (Wildman–Crippen MR) is 82.9 cm³/mol. The Labute approximate surface area is 127 Å². The highest BCUT2D eigenvalue weighted by Crippen LogP contribution is 2.34. The van der Waals surface area contributed by atoms with Gasteiger partial charge in [0.2, 0.25) is 10.0 Å². The van der Waals surface area contributed by atoms with Gasteiger partial charge in [-0.05, 0) is 49.9 Å². The van der Waals surface area contributed by atoms with Crippen molar-refractivity contribution < 1.29 is 13.2 Å². The van der Waals surface area contributed by atoms with Crippen molar-refractivity contribution in [3.63, 3.8) is 0 Å². The first-order chi connectivity index (χ1) is 9.91. The molecule has 0 amide bonds. The number of sulfonamides is 1. The van der Waals surface area contributed by atoms with E-state index in [1.807, 2.05) is 13.0 Å². The molecule has 0 heterocycles. The Kier molecular flexibility index (Phi) is 4.91. The highest BCUT2D eigenvalue weighted by atomic mass is 32.2. The molecule has 21 heavy (non-hydrogen) atoms. The standard InChI is InChI=1S/C15H24N2O3S/c1-11-7-8-14(20-3)15(9-11)21(18,19)17(2)13-6-4-5-12(13)10-16/h7-9,12-13H,4-6,10,16H2,1-3H3. The van der Waals surface area contributed by atoms with Gasteiger partial charge in [0.1, 0.15) is 10.6 Å². The first-order valence-electron chi connectivity index (χ1n) is 7.24. The van der Waals surface area contributed by atoms with Crippen LogP contribution in [0.5, 0.6) is 5.75 Å². The quantitative estimate of drug-likeness (QED) is 0.899. The largest absolute Gasteiger partial charge is 0.495 e. The molecule has 0 saturated heterocycles. The average Bonchev–Trinajstić information content (AvgIpc) is 2.94. The Hall–Kier alpha value is -1.11. The van der Waals surface area contributed by atoms with Gasteiger partial charge >= 0.3 is 0 Å². The molecule has 1 aliphatic carbocycles. The number of rotatable bonds is 5. The lowest BCUT2D eigenvalue weighted by molar-refractivity contribution is 0.302. The van der Waals surface area contributed by atoms with Crippen molar-refractivity contribution in [2.45, 2.75) is 37.1 Å². The molecule has 1 aromatic carbocycles. The smallest absolute Gasteiger partial charge is 0.246 e. The van der Waals surface area contributed by atoms with Crippen LogP contribution in [0.4, 0.5) is 0 Å². The number of ether oxygens (including phenoxy) is 1. The highest BCUT2D eigenvalue weighted by molar-refractivity contribution is 7.89. The molecule has 1 aliphatic rings. The van der Waals surface area contributed by atoms with Gasteiger partial charge in [-0.3, -0.25) is 0 Å². The third-order valence-corrected chi connectivity index (χ3v) is 6.27. The maximum atomic E-state index is 12.9. The lowest BCUT2D eigenvalue weighted by atomic mass is 10.0. The molecule has 6 heteroatoms. The SMILES string of the molecule is COc1ccc(C)cc1S(=O)(=O)N(C)C1CCCC1CN. The van der Waals surface area contributed by atoms with E-state index >= 15 is 0 Å². The number of hydrogen-bond acceptors (Lipinski definition) is 4. The van der Waals surface area contributed by atoms with Crippen molar-refractivity contribution in [3.8, 4) is 5.75 Å². The van der Waals surface area contributed by atoms with E-state index in [1.165, 1.54) is 11.4 Å². The molecule has 0 radical (unpaired) electrons. The van der Waals surface area contributed by atoms with Gasteiger partial charge in [0, 0.05) is 13.1 Å². The van der Waals surface area contributed by atoms with Gasteiger partial charge in [-0.1, -0.05) is 12.5 Å². The zero-order chi connectivity index (χ0) is 15.6. The van der Waals surface area contributed by atoms with E-state index in [0.29, 0.717) is 12.3 Å². The Bertz CT molecular complexity index is 601. The maximum Gasteiger partial charge on any atom is 0.246 e. The van der Waals surface area contributed by atoms with Crippen LogP contribution >= 0.6 is 0 Å². The van der Waals surface area contributed by atoms with Crippen LogP contribution in [0.15, 0.2) is 23.1 Å². The third kappa shape index (κ3) is 3.07. The van der Waals surface area contributed by atoms with Crippen molar-refractivity contribution in [2.24, 2.45) is 11.7 Å². The highest BCUT2D eigenvalue weighted by Gasteiger charge is 2.37. The third-order valence-electron chi connectivity index (χ3n) is 4.36. The minimum Gasteiger partial charge on any atom is -0.495 e. The monoisotopic (exact) mass is 312 g/mol. The first kappa shape index (κ1) is 16.3. The van der Waals surface area contributed by atoms with Crippen molar-refractivity contribution in [3.05, 3.63) is 23.8 Å². The number of nitrogens with zero attached hydrogens (tertiary/aromatic N) is 1. The van der Waals surface area contributed by atoms with Crippen molar-refractivity contribution in [1.29, 1.82) is 0 Å². The van der Waals surface area contributed by atoms with Crippen molar-refractivity contribution in [1.82, 2.24) is 4.31 Å². The summed E-state index contributed by atoms with van der Waals surface area (Å²) in [6.45, 7) is 2.40. The Morgan fingerprint density at radius 1 is 1.38 bits per heavy atom. The Balaban J connectivity index is 2.39. The summed E-state index contributed by atoms with van der Waals surface area (Å²) in [4.78, 5) is 0.232. The van der Waals surface area contributed by atoms with E-state index in [2.05, 4.69) is 0 Å². The molecule has 1 fully saturated rings. The molecular weight excluding hydrogens is 288 g/mol. The Morgan fingerprint density at radius 3 is 2.71 bits per heavy atom. The molecule has 2 unspecified atom stereocenters. The molecule has 1 aromatic rings. The van der Waals surface area contributed by atoms with Crippen molar-refractivity contribution in [2.75, 3.05) is 20.7 Å². The fourth-order valence-electron chi connectivity index (χ4n) is 3.09. The summed E-state index contributed by atoms with van der Waals surface area (Å²) in [5.41, 5.74) is 6.67. The fraction of sp³-hybridized carbons (Fsp3) is 0.600. The van der Waals surface area contributed by atoms with Gasteiger partial charge < -0.3 is 10.5 Å². The molecular formula is C15H24N2O3S. The molecule has 2 N–H and O–H groups in total. The Morgan fingerprint density at radius 2 is 2.10 bits per heavy atom. The van der Waals surface area contributed by atoms with Gasteiger partial charge in [0.25, 0.3) is 0 Å². The maximum absolute atomic E-state index is 12.9. The fourth-order valence-corrected chi connectivity index (χ4v) is 4.77.